The van der Waals surface area contributed by atoms with E-state index in [2.05, 4.69) is 17.6 Å². The zero-order valence-electron chi connectivity index (χ0n) is 20.1. The largest absolute Gasteiger partial charge is 0.416 e. The predicted octanol–water partition coefficient (Wildman–Crippen LogP) is 6.83. The monoisotopic (exact) mass is 546 g/mol. The number of halogens is 6. The van der Waals surface area contributed by atoms with Crippen molar-refractivity contribution in [2.24, 2.45) is 35.0 Å². The summed E-state index contributed by atoms with van der Waals surface area (Å²) in [7, 11) is 0. The number of hydrogen-bond acceptors (Lipinski definition) is 3. The highest BCUT2D eigenvalue weighted by Gasteiger charge is 2.56. The molecule has 0 bridgehead atoms. The zero-order chi connectivity index (χ0) is 26.8. The molecule has 0 saturated heterocycles. The Bertz CT molecular complexity index is 1120. The molecule has 4 nitrogen and oxygen atoms in total. The molecule has 3 aliphatic carbocycles. The summed E-state index contributed by atoms with van der Waals surface area (Å²) in [6, 6.07) is 1.49. The van der Waals surface area contributed by atoms with Crippen LogP contribution >= 0.6 is 12.1 Å². The fourth-order valence-corrected chi connectivity index (χ4v) is 7.92. The van der Waals surface area contributed by atoms with E-state index in [0.29, 0.717) is 36.5 Å². The molecule has 2 amide bonds. The van der Waals surface area contributed by atoms with Crippen molar-refractivity contribution in [2.75, 3.05) is 5.32 Å². The quantitative estimate of drug-likeness (QED) is 0.407. The van der Waals surface area contributed by atoms with Gasteiger partial charge in [0, 0.05) is 17.4 Å². The summed E-state index contributed by atoms with van der Waals surface area (Å²) in [6.07, 6.45) is 3.40. The summed E-state index contributed by atoms with van der Waals surface area (Å²) in [6.45, 7) is 2.17. The van der Waals surface area contributed by atoms with Gasteiger partial charge in [0.05, 0.1) is 16.8 Å². The molecule has 7 unspecified atom stereocenters. The molecule has 1 heterocycles. The van der Waals surface area contributed by atoms with Gasteiger partial charge in [0.15, 0.2) is 0 Å². The Morgan fingerprint density at radius 2 is 1.73 bits per heavy atom. The third-order valence-electron chi connectivity index (χ3n) is 9.36. The van der Waals surface area contributed by atoms with Crippen LogP contribution in [0.15, 0.2) is 30.4 Å². The second-order valence-corrected chi connectivity index (χ2v) is 11.7. The number of carbonyl (C=O) groups excluding carboxylic acids is 2. The first-order valence-corrected chi connectivity index (χ1v) is 13.3. The van der Waals surface area contributed by atoms with Gasteiger partial charge in [0.1, 0.15) is 12.1 Å². The van der Waals surface area contributed by atoms with Crippen LogP contribution in [0.1, 0.15) is 56.6 Å². The van der Waals surface area contributed by atoms with Crippen molar-refractivity contribution in [1.29, 1.82) is 0 Å². The molecule has 1 aliphatic heterocycles. The van der Waals surface area contributed by atoms with Gasteiger partial charge < -0.3 is 10.6 Å². The van der Waals surface area contributed by atoms with Crippen molar-refractivity contribution < 1.29 is 35.4 Å². The van der Waals surface area contributed by atoms with Crippen LogP contribution in [0, 0.1) is 35.0 Å². The Morgan fingerprint density at radius 1 is 1.03 bits per heavy atom. The SMILES string of the molecule is CC12C=CC(=O)NC1CCC1C3CCC(C(=O)Nc4cc(C(F)(F)F)ccc4C(F)(F)SF)C3CCC12. The first kappa shape index (κ1) is 26.4. The number of alkyl halides is 5. The number of fused-ring (bicyclic) bond motifs is 5. The number of nitrogens with one attached hydrogen (secondary N) is 2. The van der Waals surface area contributed by atoms with E-state index in [0.717, 1.165) is 32.1 Å². The van der Waals surface area contributed by atoms with Crippen molar-refractivity contribution in [3.05, 3.63) is 41.5 Å². The molecule has 3 fully saturated rings. The molecule has 11 heteroatoms. The molecule has 4 aliphatic rings. The Morgan fingerprint density at radius 3 is 2.43 bits per heavy atom. The van der Waals surface area contributed by atoms with Crippen molar-refractivity contribution in [2.45, 2.75) is 62.9 Å². The van der Waals surface area contributed by atoms with Gasteiger partial charge in [-0.1, -0.05) is 13.0 Å². The van der Waals surface area contributed by atoms with Crippen LogP contribution in [0.3, 0.4) is 0 Å². The lowest BCUT2D eigenvalue weighted by atomic mass is 9.51. The van der Waals surface area contributed by atoms with Crippen LogP contribution < -0.4 is 10.6 Å². The van der Waals surface area contributed by atoms with Crippen LogP contribution in [0.4, 0.5) is 31.5 Å². The van der Waals surface area contributed by atoms with Gasteiger partial charge in [-0.25, -0.2) is 0 Å². The Hall–Kier alpha value is -2.17. The molecule has 1 aromatic carbocycles. The van der Waals surface area contributed by atoms with E-state index >= 15 is 0 Å². The van der Waals surface area contributed by atoms with Crippen LogP contribution in [-0.4, -0.2) is 17.9 Å². The number of carbonyl (C=O) groups is 2. The highest BCUT2D eigenvalue weighted by Crippen LogP contribution is 2.60. The minimum Gasteiger partial charge on any atom is -0.349 e. The molecule has 37 heavy (non-hydrogen) atoms. The van der Waals surface area contributed by atoms with E-state index in [1.54, 1.807) is 6.08 Å². The van der Waals surface area contributed by atoms with Crippen LogP contribution in [0.2, 0.25) is 0 Å². The molecule has 2 N–H and O–H groups in total. The second-order valence-electron chi connectivity index (χ2n) is 11.0. The van der Waals surface area contributed by atoms with Crippen LogP contribution in [0.25, 0.3) is 0 Å². The molecule has 0 radical (unpaired) electrons. The molecule has 0 aromatic heterocycles. The normalized spacial score (nSPS) is 35.3. The van der Waals surface area contributed by atoms with Gasteiger partial charge in [-0.05, 0) is 86.5 Å². The van der Waals surface area contributed by atoms with E-state index < -0.39 is 52.2 Å². The standard InChI is InChI=1S/C26H28F6N2O2S/c1-24-11-10-22(35)34-21(24)9-6-16-14-3-4-17(15(14)5-8-18(16)24)23(36)33-20-12-13(25(27,28)29)2-7-19(20)26(30,31)37-32/h2,7,10-12,14-18,21H,3-6,8-9H2,1H3,(H,33,36)(H,34,35). The van der Waals surface area contributed by atoms with Gasteiger partial charge in [0.25, 0.3) is 0 Å². The van der Waals surface area contributed by atoms with E-state index in [-0.39, 0.29) is 29.2 Å². The minimum atomic E-state index is -4.81. The lowest BCUT2D eigenvalue weighted by Crippen LogP contribution is -2.58. The summed E-state index contributed by atoms with van der Waals surface area (Å²) >= 11 is -1.29. The fraction of sp³-hybridized carbons (Fsp3) is 0.615. The number of anilines is 1. The van der Waals surface area contributed by atoms with Crippen LogP contribution in [-0.2, 0) is 21.0 Å². The van der Waals surface area contributed by atoms with E-state index in [4.69, 9.17) is 0 Å². The van der Waals surface area contributed by atoms with E-state index in [9.17, 15) is 35.4 Å². The number of rotatable bonds is 4. The maximum atomic E-state index is 14.2. The highest BCUT2D eigenvalue weighted by atomic mass is 32.2. The second kappa shape index (κ2) is 9.24. The number of benzene rings is 1. The summed E-state index contributed by atoms with van der Waals surface area (Å²) in [5, 5.41) is 1.28. The Labute approximate surface area is 215 Å². The van der Waals surface area contributed by atoms with E-state index in [1.807, 2.05) is 6.08 Å². The van der Waals surface area contributed by atoms with Crippen molar-refractivity contribution >= 4 is 29.6 Å². The third kappa shape index (κ3) is 4.55. The van der Waals surface area contributed by atoms with E-state index in [1.165, 1.54) is 0 Å². The van der Waals surface area contributed by atoms with Crippen molar-refractivity contribution in [1.82, 2.24) is 5.32 Å². The molecular formula is C26H28F6N2O2S. The summed E-state index contributed by atoms with van der Waals surface area (Å²) < 4.78 is 81.1. The predicted molar refractivity (Wildman–Crippen MR) is 127 cm³/mol. The van der Waals surface area contributed by atoms with Gasteiger partial charge in [-0.2, -0.15) is 25.8 Å². The lowest BCUT2D eigenvalue weighted by molar-refractivity contribution is -0.137. The molecule has 202 valence electrons. The fourth-order valence-electron chi connectivity index (χ4n) is 7.66. The Kier molecular flexibility index (Phi) is 6.60. The minimum absolute atomic E-state index is 0.00568. The third-order valence-corrected chi connectivity index (χ3v) is 9.77. The molecule has 3 saturated carbocycles. The van der Waals surface area contributed by atoms with Crippen molar-refractivity contribution in [3.63, 3.8) is 0 Å². The van der Waals surface area contributed by atoms with Gasteiger partial charge in [-0.3, -0.25) is 9.59 Å². The molecular weight excluding hydrogens is 518 g/mol. The maximum Gasteiger partial charge on any atom is 0.416 e. The molecule has 7 atom stereocenters. The first-order chi connectivity index (χ1) is 17.3. The van der Waals surface area contributed by atoms with Crippen LogP contribution in [0.5, 0.6) is 0 Å². The smallest absolute Gasteiger partial charge is 0.349 e. The van der Waals surface area contributed by atoms with Gasteiger partial charge in [0.2, 0.25) is 11.8 Å². The number of hydrogen-bond donors (Lipinski definition) is 2. The molecule has 0 spiro atoms. The first-order valence-electron chi connectivity index (χ1n) is 12.5. The maximum absolute atomic E-state index is 14.2. The van der Waals surface area contributed by atoms with Crippen molar-refractivity contribution in [3.8, 4) is 0 Å². The average molecular weight is 547 g/mol. The van der Waals surface area contributed by atoms with Gasteiger partial charge in [-0.15, -0.1) is 0 Å². The molecule has 1 aromatic rings. The van der Waals surface area contributed by atoms with Gasteiger partial charge >= 0.3 is 11.4 Å². The average Bonchev–Trinajstić information content (AvgIpc) is 3.28. The Balaban J connectivity index is 1.37. The summed E-state index contributed by atoms with van der Waals surface area (Å²) in [5.41, 5.74) is -3.10. The highest BCUT2D eigenvalue weighted by molar-refractivity contribution is 7.94. The topological polar surface area (TPSA) is 58.2 Å². The zero-order valence-corrected chi connectivity index (χ0v) is 20.9. The number of amides is 2. The lowest BCUT2D eigenvalue weighted by Gasteiger charge is -2.56. The molecule has 5 rings (SSSR count). The summed E-state index contributed by atoms with van der Waals surface area (Å²) in [4.78, 5) is 25.2. The summed E-state index contributed by atoms with van der Waals surface area (Å²) in [5.74, 6) is -0.299.